The molecule has 0 saturated heterocycles. The first-order valence-corrected chi connectivity index (χ1v) is 6.14. The Balaban J connectivity index is 2.26. The van der Waals surface area contributed by atoms with Gasteiger partial charge in [0.05, 0.1) is 23.4 Å². The third-order valence-electron chi connectivity index (χ3n) is 2.55. The first kappa shape index (κ1) is 14.7. The van der Waals surface area contributed by atoms with Gasteiger partial charge in [0.1, 0.15) is 5.69 Å². The number of halogens is 1. The van der Waals surface area contributed by atoms with E-state index in [4.69, 9.17) is 11.6 Å². The van der Waals surface area contributed by atoms with Crippen LogP contribution in [0.1, 0.15) is 20.8 Å². The van der Waals surface area contributed by atoms with Gasteiger partial charge in [0.2, 0.25) is 0 Å². The van der Waals surface area contributed by atoms with Crippen molar-refractivity contribution in [2.75, 3.05) is 12.4 Å². The van der Waals surface area contributed by atoms with Crippen molar-refractivity contribution in [2.45, 2.75) is 0 Å². The molecule has 0 unspecified atom stereocenters. The van der Waals surface area contributed by atoms with E-state index >= 15 is 0 Å². The van der Waals surface area contributed by atoms with Gasteiger partial charge >= 0.3 is 5.97 Å². The maximum atomic E-state index is 12.0. The van der Waals surface area contributed by atoms with E-state index in [9.17, 15) is 14.4 Å². The molecule has 2 rings (SSSR count). The Labute approximate surface area is 123 Å². The highest BCUT2D eigenvalue weighted by molar-refractivity contribution is 6.34. The van der Waals surface area contributed by atoms with Gasteiger partial charge in [0, 0.05) is 6.07 Å². The Hall–Kier alpha value is -2.67. The molecule has 2 N–H and O–H groups in total. The van der Waals surface area contributed by atoms with Crippen LogP contribution in [-0.2, 0) is 4.74 Å². The third-order valence-corrected chi connectivity index (χ3v) is 2.88. The lowest BCUT2D eigenvalue weighted by Crippen LogP contribution is -2.18. The zero-order valence-corrected chi connectivity index (χ0v) is 11.6. The van der Waals surface area contributed by atoms with E-state index in [1.807, 2.05) is 0 Å². The van der Waals surface area contributed by atoms with E-state index in [0.29, 0.717) is 0 Å². The number of aromatic amines is 1. The quantitative estimate of drug-likeness (QED) is 0.836. The number of ether oxygens (including phenoxy) is 1. The van der Waals surface area contributed by atoms with Gasteiger partial charge in [-0.15, -0.1) is 0 Å². The van der Waals surface area contributed by atoms with Crippen LogP contribution in [0.2, 0.25) is 5.02 Å². The van der Waals surface area contributed by atoms with Crippen LogP contribution >= 0.6 is 11.6 Å². The van der Waals surface area contributed by atoms with Crippen LogP contribution in [0, 0.1) is 0 Å². The second kappa shape index (κ2) is 6.19. The number of rotatable bonds is 3. The van der Waals surface area contributed by atoms with Crippen LogP contribution in [0.25, 0.3) is 0 Å². The summed E-state index contributed by atoms with van der Waals surface area (Å²) >= 11 is 5.96. The summed E-state index contributed by atoms with van der Waals surface area (Å²) in [7, 11) is 1.25. The number of nitrogens with zero attached hydrogens (tertiary/aromatic N) is 1. The van der Waals surface area contributed by atoms with Crippen molar-refractivity contribution < 1.29 is 14.3 Å². The van der Waals surface area contributed by atoms with Crippen molar-refractivity contribution in [3.63, 3.8) is 0 Å². The fourth-order valence-electron chi connectivity index (χ4n) is 1.52. The monoisotopic (exact) mass is 307 g/mol. The molecule has 21 heavy (non-hydrogen) atoms. The average Bonchev–Trinajstić information content (AvgIpc) is 2.49. The van der Waals surface area contributed by atoms with Crippen LogP contribution in [0.15, 0.2) is 35.1 Å². The summed E-state index contributed by atoms with van der Waals surface area (Å²) in [5.74, 6) is -1.13. The van der Waals surface area contributed by atoms with Crippen molar-refractivity contribution in [2.24, 2.45) is 0 Å². The molecule has 0 spiro atoms. The topological polar surface area (TPSA) is 101 Å². The molecule has 108 valence electrons. The van der Waals surface area contributed by atoms with Crippen molar-refractivity contribution in [3.05, 3.63) is 57.0 Å². The van der Waals surface area contributed by atoms with Crippen LogP contribution in [0.3, 0.4) is 0 Å². The maximum Gasteiger partial charge on any atom is 0.337 e. The molecule has 0 bridgehead atoms. The number of H-pyrrole nitrogens is 1. The molecule has 1 aromatic heterocycles. The van der Waals surface area contributed by atoms with Crippen molar-refractivity contribution in [1.82, 2.24) is 10.2 Å². The van der Waals surface area contributed by atoms with Crippen molar-refractivity contribution >= 4 is 29.2 Å². The Morgan fingerprint density at radius 3 is 2.67 bits per heavy atom. The number of anilines is 1. The molecular formula is C13H10ClN3O4. The van der Waals surface area contributed by atoms with Gasteiger partial charge < -0.3 is 10.1 Å². The smallest absolute Gasteiger partial charge is 0.337 e. The number of nitrogens with one attached hydrogen (secondary N) is 2. The first-order chi connectivity index (χ1) is 10.0. The maximum absolute atomic E-state index is 12.0. The van der Waals surface area contributed by atoms with Gasteiger partial charge in [0.25, 0.3) is 11.5 Å². The molecule has 0 aliphatic heterocycles. The predicted molar refractivity (Wildman–Crippen MR) is 75.6 cm³/mol. The SMILES string of the molecule is COC(=O)c1ccc(Cl)c(NC(=O)c2ccc(=O)[nH]n2)c1. The summed E-state index contributed by atoms with van der Waals surface area (Å²) in [4.78, 5) is 34.3. The summed E-state index contributed by atoms with van der Waals surface area (Å²) in [5, 5.41) is 8.49. The number of carbonyl (C=O) groups excluding carboxylic acids is 2. The number of methoxy groups -OCH3 is 1. The van der Waals surface area contributed by atoms with Gasteiger partial charge in [-0.05, 0) is 24.3 Å². The normalized spacial score (nSPS) is 10.0. The van der Waals surface area contributed by atoms with Gasteiger partial charge in [-0.1, -0.05) is 11.6 Å². The summed E-state index contributed by atoms with van der Waals surface area (Å²) < 4.78 is 4.59. The standard InChI is InChI=1S/C13H10ClN3O4/c1-21-13(20)7-2-3-8(14)10(6-7)15-12(19)9-4-5-11(18)17-16-9/h2-6H,1H3,(H,15,19)(H,17,18). The van der Waals surface area contributed by atoms with Crippen LogP contribution in [0.4, 0.5) is 5.69 Å². The molecule has 0 atom stereocenters. The Morgan fingerprint density at radius 1 is 1.29 bits per heavy atom. The van der Waals surface area contributed by atoms with E-state index in [1.54, 1.807) is 0 Å². The van der Waals surface area contributed by atoms with E-state index in [1.165, 1.54) is 37.4 Å². The molecule has 0 fully saturated rings. The lowest BCUT2D eigenvalue weighted by Gasteiger charge is -2.08. The Kier molecular flexibility index (Phi) is 4.34. The van der Waals surface area contributed by atoms with E-state index < -0.39 is 17.4 Å². The number of benzene rings is 1. The third kappa shape index (κ3) is 3.46. The average molecular weight is 308 g/mol. The molecule has 1 heterocycles. The van der Waals surface area contributed by atoms with E-state index in [0.717, 1.165) is 0 Å². The summed E-state index contributed by atoms with van der Waals surface area (Å²) in [5.41, 5.74) is 0.0654. The lowest BCUT2D eigenvalue weighted by molar-refractivity contribution is 0.0600. The molecule has 1 amide bonds. The number of aromatic nitrogens is 2. The molecule has 0 aliphatic rings. The van der Waals surface area contributed by atoms with Crippen molar-refractivity contribution in [3.8, 4) is 0 Å². The van der Waals surface area contributed by atoms with Crippen LogP contribution in [-0.4, -0.2) is 29.2 Å². The molecule has 7 nitrogen and oxygen atoms in total. The molecule has 1 aromatic carbocycles. The minimum Gasteiger partial charge on any atom is -0.465 e. The van der Waals surface area contributed by atoms with E-state index in [2.05, 4.69) is 20.3 Å². The van der Waals surface area contributed by atoms with Gasteiger partial charge in [0.15, 0.2) is 0 Å². The van der Waals surface area contributed by atoms with E-state index in [-0.39, 0.29) is 22.0 Å². The summed E-state index contributed by atoms with van der Waals surface area (Å²) in [6, 6.07) is 6.77. The molecule has 0 radical (unpaired) electrons. The number of carbonyl (C=O) groups is 2. The van der Waals surface area contributed by atoms with Crippen LogP contribution in [0.5, 0.6) is 0 Å². The Morgan fingerprint density at radius 2 is 2.05 bits per heavy atom. The molecule has 2 aromatic rings. The molecule has 0 aliphatic carbocycles. The number of esters is 1. The highest BCUT2D eigenvalue weighted by Gasteiger charge is 2.13. The van der Waals surface area contributed by atoms with Gasteiger partial charge in [-0.2, -0.15) is 5.10 Å². The van der Waals surface area contributed by atoms with Gasteiger partial charge in [-0.3, -0.25) is 9.59 Å². The molecule has 0 saturated carbocycles. The Bertz CT molecular complexity index is 737. The minimum atomic E-state index is -0.574. The number of hydrogen-bond acceptors (Lipinski definition) is 5. The zero-order valence-electron chi connectivity index (χ0n) is 10.8. The second-order valence-corrected chi connectivity index (χ2v) is 4.35. The first-order valence-electron chi connectivity index (χ1n) is 5.76. The lowest BCUT2D eigenvalue weighted by atomic mass is 10.2. The number of amides is 1. The fraction of sp³-hybridized carbons (Fsp3) is 0.0769. The van der Waals surface area contributed by atoms with Crippen molar-refractivity contribution in [1.29, 1.82) is 0 Å². The number of hydrogen-bond donors (Lipinski definition) is 2. The van der Waals surface area contributed by atoms with Crippen LogP contribution < -0.4 is 10.9 Å². The molecular weight excluding hydrogens is 298 g/mol. The predicted octanol–water partition coefficient (Wildman–Crippen LogP) is 1.46. The zero-order chi connectivity index (χ0) is 15.4. The van der Waals surface area contributed by atoms with Gasteiger partial charge in [-0.25, -0.2) is 9.89 Å². The second-order valence-electron chi connectivity index (χ2n) is 3.95. The minimum absolute atomic E-state index is 0.00846. The highest BCUT2D eigenvalue weighted by Crippen LogP contribution is 2.23. The summed E-state index contributed by atoms with van der Waals surface area (Å²) in [6.45, 7) is 0. The highest BCUT2D eigenvalue weighted by atomic mass is 35.5. The largest absolute Gasteiger partial charge is 0.465 e. The molecule has 8 heteroatoms. The fourth-order valence-corrected chi connectivity index (χ4v) is 1.69. The summed E-state index contributed by atoms with van der Waals surface area (Å²) in [6.07, 6.45) is 0.